The van der Waals surface area contributed by atoms with E-state index in [9.17, 15) is 19.2 Å². The van der Waals surface area contributed by atoms with Gasteiger partial charge in [0.2, 0.25) is 23.6 Å². The highest BCUT2D eigenvalue weighted by Gasteiger charge is 2.20. The van der Waals surface area contributed by atoms with Crippen molar-refractivity contribution in [2.75, 3.05) is 91.6 Å². The Bertz CT molecular complexity index is 573. The number of nitrogens with zero attached hydrogens (tertiary/aromatic N) is 4. The number of primary amides is 3. The van der Waals surface area contributed by atoms with Gasteiger partial charge < -0.3 is 28.3 Å². The highest BCUT2D eigenvalue weighted by molar-refractivity contribution is 5.78. The highest BCUT2D eigenvalue weighted by atomic mass is 16.2. The lowest BCUT2D eigenvalue weighted by Crippen LogP contribution is -2.51. The van der Waals surface area contributed by atoms with Crippen LogP contribution in [0.4, 0.5) is 0 Å². The van der Waals surface area contributed by atoms with Gasteiger partial charge in [0.05, 0.1) is 26.2 Å². The zero-order valence-electron chi connectivity index (χ0n) is 18.1. The molecule has 0 aromatic heterocycles. The number of hydrogen-bond donors (Lipinski definition) is 5. The second-order valence-electron chi connectivity index (χ2n) is 7.64. The van der Waals surface area contributed by atoms with Gasteiger partial charge in [-0.25, -0.2) is 0 Å². The van der Waals surface area contributed by atoms with Crippen LogP contribution in [-0.2, 0) is 19.2 Å². The molecule has 0 radical (unpaired) electrons. The molecule has 4 amide bonds. The van der Waals surface area contributed by atoms with Crippen LogP contribution in [0.25, 0.3) is 0 Å². The lowest BCUT2D eigenvalue weighted by atomic mass is 10.3. The molecule has 13 heteroatoms. The van der Waals surface area contributed by atoms with Crippen LogP contribution < -0.4 is 28.3 Å². The maximum Gasteiger partial charge on any atom is 0.234 e. The standard InChI is InChI=1S/C18H37N9O4/c19-1-2-23-18(31)14-27-9-7-25(12-16(21)29)5-3-24(11-15(20)28)4-6-26(8-10-27)13-17(22)30/h1-14,19H2,(H2,20,28)(H2,21,29)(H2,22,30)(H,23,31). The molecule has 0 aromatic carbocycles. The summed E-state index contributed by atoms with van der Waals surface area (Å²) in [5.41, 5.74) is 21.6. The number of hydrogen-bond acceptors (Lipinski definition) is 9. The van der Waals surface area contributed by atoms with Gasteiger partial charge in [0, 0.05) is 65.4 Å². The molecule has 1 rings (SSSR count). The molecule has 0 bridgehead atoms. The van der Waals surface area contributed by atoms with E-state index < -0.39 is 17.7 Å². The molecule has 13 nitrogen and oxygen atoms in total. The average molecular weight is 444 g/mol. The zero-order valence-corrected chi connectivity index (χ0v) is 18.1. The molecular weight excluding hydrogens is 406 g/mol. The Hall–Kier alpha value is -2.32. The van der Waals surface area contributed by atoms with E-state index in [0.29, 0.717) is 65.4 Å². The molecule has 0 aromatic rings. The lowest BCUT2D eigenvalue weighted by molar-refractivity contribution is -0.123. The van der Waals surface area contributed by atoms with Gasteiger partial charge in [-0.1, -0.05) is 0 Å². The number of nitrogens with one attached hydrogen (secondary N) is 1. The van der Waals surface area contributed by atoms with Gasteiger partial charge in [-0.05, 0) is 0 Å². The van der Waals surface area contributed by atoms with E-state index in [4.69, 9.17) is 22.9 Å². The first-order chi connectivity index (χ1) is 14.7. The Kier molecular flexibility index (Phi) is 12.6. The summed E-state index contributed by atoms with van der Waals surface area (Å²) < 4.78 is 0. The Balaban J connectivity index is 2.91. The Morgan fingerprint density at radius 1 is 0.581 bits per heavy atom. The summed E-state index contributed by atoms with van der Waals surface area (Å²) in [4.78, 5) is 54.2. The third-order valence-electron chi connectivity index (χ3n) is 4.90. The molecule has 1 heterocycles. The molecule has 1 fully saturated rings. The Morgan fingerprint density at radius 3 is 1.13 bits per heavy atom. The quantitative estimate of drug-likeness (QED) is 0.219. The van der Waals surface area contributed by atoms with Crippen molar-refractivity contribution in [3.05, 3.63) is 0 Å². The molecule has 0 unspecified atom stereocenters. The maximum atomic E-state index is 12.2. The topological polar surface area (TPSA) is 197 Å². The van der Waals surface area contributed by atoms with Crippen molar-refractivity contribution in [2.45, 2.75) is 0 Å². The summed E-state index contributed by atoms with van der Waals surface area (Å²) >= 11 is 0. The fraction of sp³-hybridized carbons (Fsp3) is 0.778. The first kappa shape index (κ1) is 26.7. The van der Waals surface area contributed by atoms with Gasteiger partial charge in [-0.3, -0.25) is 38.8 Å². The smallest absolute Gasteiger partial charge is 0.234 e. The molecule has 1 saturated heterocycles. The first-order valence-corrected chi connectivity index (χ1v) is 10.4. The van der Waals surface area contributed by atoms with Crippen LogP contribution in [0.3, 0.4) is 0 Å². The van der Waals surface area contributed by atoms with Crippen molar-refractivity contribution in [1.82, 2.24) is 24.9 Å². The minimum atomic E-state index is -0.454. The van der Waals surface area contributed by atoms with E-state index in [1.165, 1.54) is 0 Å². The molecule has 0 spiro atoms. The SMILES string of the molecule is NCCNC(=O)CN1CCN(CC(N)=O)CCN(CC(N)=O)CCN(CC(N)=O)CC1. The van der Waals surface area contributed by atoms with E-state index in [2.05, 4.69) is 5.32 Å². The fourth-order valence-electron chi connectivity index (χ4n) is 3.34. The second-order valence-corrected chi connectivity index (χ2v) is 7.64. The van der Waals surface area contributed by atoms with Crippen LogP contribution in [0.1, 0.15) is 0 Å². The summed E-state index contributed by atoms with van der Waals surface area (Å²) in [5.74, 6) is -1.50. The maximum absolute atomic E-state index is 12.2. The van der Waals surface area contributed by atoms with E-state index >= 15 is 0 Å². The fourth-order valence-corrected chi connectivity index (χ4v) is 3.34. The number of carbonyl (C=O) groups is 4. The van der Waals surface area contributed by atoms with Crippen LogP contribution in [-0.4, -0.2) is 135 Å². The zero-order chi connectivity index (χ0) is 23.2. The van der Waals surface area contributed by atoms with Crippen molar-refractivity contribution < 1.29 is 19.2 Å². The van der Waals surface area contributed by atoms with Crippen molar-refractivity contribution in [3.8, 4) is 0 Å². The van der Waals surface area contributed by atoms with Gasteiger partial charge in [0.1, 0.15) is 0 Å². The third kappa shape index (κ3) is 12.9. The van der Waals surface area contributed by atoms with Gasteiger partial charge in [0.25, 0.3) is 0 Å². The summed E-state index contributed by atoms with van der Waals surface area (Å²) in [6.45, 7) is 5.18. The van der Waals surface area contributed by atoms with Crippen molar-refractivity contribution in [1.29, 1.82) is 0 Å². The van der Waals surface area contributed by atoms with Crippen LogP contribution in [0.2, 0.25) is 0 Å². The predicted molar refractivity (Wildman–Crippen MR) is 115 cm³/mol. The molecular formula is C18H37N9O4. The Labute approximate surface area is 183 Å². The molecule has 0 atom stereocenters. The highest BCUT2D eigenvalue weighted by Crippen LogP contribution is 2.01. The molecule has 1 aliphatic heterocycles. The molecule has 0 aliphatic carbocycles. The number of nitrogens with two attached hydrogens (primary N) is 4. The summed E-state index contributed by atoms with van der Waals surface area (Å²) in [6.07, 6.45) is 0. The lowest BCUT2D eigenvalue weighted by Gasteiger charge is -2.33. The molecule has 1 aliphatic rings. The first-order valence-electron chi connectivity index (χ1n) is 10.4. The normalized spacial score (nSPS) is 18.6. The number of rotatable bonds is 10. The molecule has 0 saturated carbocycles. The van der Waals surface area contributed by atoms with Crippen LogP contribution in [0, 0.1) is 0 Å². The minimum absolute atomic E-state index is 0.0717. The van der Waals surface area contributed by atoms with Gasteiger partial charge in [0.15, 0.2) is 0 Å². The summed E-state index contributed by atoms with van der Waals surface area (Å²) in [6, 6.07) is 0. The van der Waals surface area contributed by atoms with Gasteiger partial charge in [-0.2, -0.15) is 0 Å². The van der Waals surface area contributed by atoms with Crippen molar-refractivity contribution >= 4 is 23.6 Å². The molecule has 31 heavy (non-hydrogen) atoms. The average Bonchev–Trinajstić information content (AvgIpc) is 2.67. The van der Waals surface area contributed by atoms with E-state index in [0.717, 1.165) is 0 Å². The summed E-state index contributed by atoms with van der Waals surface area (Å²) in [7, 11) is 0. The third-order valence-corrected chi connectivity index (χ3v) is 4.90. The minimum Gasteiger partial charge on any atom is -0.369 e. The molecule has 178 valence electrons. The van der Waals surface area contributed by atoms with Crippen LogP contribution in [0.15, 0.2) is 0 Å². The largest absolute Gasteiger partial charge is 0.369 e. The Morgan fingerprint density at radius 2 is 0.871 bits per heavy atom. The van der Waals surface area contributed by atoms with Crippen molar-refractivity contribution in [3.63, 3.8) is 0 Å². The summed E-state index contributed by atoms with van der Waals surface area (Å²) in [5, 5.41) is 2.75. The molecule has 9 N–H and O–H groups in total. The van der Waals surface area contributed by atoms with Gasteiger partial charge in [-0.15, -0.1) is 0 Å². The monoisotopic (exact) mass is 443 g/mol. The number of carbonyl (C=O) groups excluding carboxylic acids is 4. The number of amides is 4. The predicted octanol–water partition coefficient (Wildman–Crippen LogP) is -5.26. The van der Waals surface area contributed by atoms with E-state index in [-0.39, 0.29) is 32.1 Å². The van der Waals surface area contributed by atoms with Gasteiger partial charge >= 0.3 is 0 Å². The second kappa shape index (κ2) is 14.6. The van der Waals surface area contributed by atoms with E-state index in [1.54, 1.807) is 0 Å². The van der Waals surface area contributed by atoms with Crippen molar-refractivity contribution in [2.24, 2.45) is 22.9 Å². The van der Waals surface area contributed by atoms with Crippen LogP contribution >= 0.6 is 0 Å². The van der Waals surface area contributed by atoms with E-state index in [1.807, 2.05) is 19.6 Å². The van der Waals surface area contributed by atoms with Crippen LogP contribution in [0.5, 0.6) is 0 Å².